The number of thioether (sulfide) groups is 1. The quantitative estimate of drug-likeness (QED) is 0.596. The van der Waals surface area contributed by atoms with Gasteiger partial charge in [0.15, 0.2) is 5.76 Å². The molecule has 2 aliphatic heterocycles. The Hall–Kier alpha value is -3.52. The Morgan fingerprint density at radius 2 is 1.91 bits per heavy atom. The summed E-state index contributed by atoms with van der Waals surface area (Å²) in [5.41, 5.74) is 2.86. The molecule has 5 rings (SSSR count). The van der Waals surface area contributed by atoms with E-state index in [4.69, 9.17) is 4.42 Å². The molecule has 0 aliphatic carbocycles. The second-order valence-corrected chi connectivity index (χ2v) is 8.71. The van der Waals surface area contributed by atoms with Crippen LogP contribution in [0.25, 0.3) is 11.1 Å². The van der Waals surface area contributed by atoms with E-state index in [0.717, 1.165) is 16.0 Å². The fourth-order valence-electron chi connectivity index (χ4n) is 4.24. The predicted octanol–water partition coefficient (Wildman–Crippen LogP) is 3.63. The number of fused-ring (bicyclic) bond motifs is 2. The van der Waals surface area contributed by atoms with Crippen LogP contribution in [0.2, 0.25) is 0 Å². The molecule has 1 fully saturated rings. The molecule has 32 heavy (non-hydrogen) atoms. The van der Waals surface area contributed by atoms with E-state index < -0.39 is 6.04 Å². The molecule has 3 amide bonds. The summed E-state index contributed by atoms with van der Waals surface area (Å²) in [5.74, 6) is -0.628. The predicted molar refractivity (Wildman–Crippen MR) is 122 cm³/mol. The molecule has 2 unspecified atom stereocenters. The molecule has 2 aromatic carbocycles. The summed E-state index contributed by atoms with van der Waals surface area (Å²) < 4.78 is 5.13. The summed E-state index contributed by atoms with van der Waals surface area (Å²) in [6, 6.07) is 15.9. The van der Waals surface area contributed by atoms with Crippen LogP contribution in [0.15, 0.2) is 70.2 Å². The maximum atomic E-state index is 13.4. The van der Waals surface area contributed by atoms with Crippen LogP contribution in [-0.4, -0.2) is 47.5 Å². The number of anilines is 1. The monoisotopic (exact) mass is 447 g/mol. The first-order chi connectivity index (χ1) is 15.5. The number of rotatable bonds is 4. The highest BCUT2D eigenvalue weighted by molar-refractivity contribution is 7.98. The molecule has 7 nitrogen and oxygen atoms in total. The third-order valence-corrected chi connectivity index (χ3v) is 6.62. The highest BCUT2D eigenvalue weighted by Crippen LogP contribution is 2.32. The minimum atomic E-state index is -0.638. The fraction of sp³-hybridized carbons (Fsp3) is 0.208. The van der Waals surface area contributed by atoms with Crippen molar-refractivity contribution >= 4 is 35.2 Å². The maximum absolute atomic E-state index is 13.4. The van der Waals surface area contributed by atoms with Crippen LogP contribution < -0.4 is 10.6 Å². The molecule has 0 saturated carbocycles. The van der Waals surface area contributed by atoms with Gasteiger partial charge in [0.2, 0.25) is 5.91 Å². The van der Waals surface area contributed by atoms with Crippen molar-refractivity contribution in [3.8, 4) is 11.1 Å². The maximum Gasteiger partial charge on any atom is 0.287 e. The molecule has 0 spiro atoms. The van der Waals surface area contributed by atoms with E-state index in [1.165, 1.54) is 6.26 Å². The highest BCUT2D eigenvalue weighted by Gasteiger charge is 2.43. The molecule has 0 bridgehead atoms. The van der Waals surface area contributed by atoms with Crippen LogP contribution in [0.1, 0.15) is 27.3 Å². The lowest BCUT2D eigenvalue weighted by Crippen LogP contribution is -2.41. The second-order valence-electron chi connectivity index (χ2n) is 7.83. The zero-order valence-electron chi connectivity index (χ0n) is 17.3. The smallest absolute Gasteiger partial charge is 0.287 e. The SMILES string of the molecule is CSc1ccc(-c2ccc3c(c2)C(=O)N2CC(NC(=O)c4ccco4)CC2C(=O)N3)cc1. The minimum Gasteiger partial charge on any atom is -0.459 e. The number of benzene rings is 2. The number of nitrogens with one attached hydrogen (secondary N) is 2. The molecule has 3 heterocycles. The second kappa shape index (κ2) is 8.20. The van der Waals surface area contributed by atoms with Crippen molar-refractivity contribution in [2.24, 2.45) is 0 Å². The first-order valence-corrected chi connectivity index (χ1v) is 11.5. The van der Waals surface area contributed by atoms with Crippen molar-refractivity contribution in [1.29, 1.82) is 0 Å². The Morgan fingerprint density at radius 3 is 2.62 bits per heavy atom. The minimum absolute atomic E-state index is 0.199. The van der Waals surface area contributed by atoms with Crippen molar-refractivity contribution in [3.63, 3.8) is 0 Å². The van der Waals surface area contributed by atoms with Gasteiger partial charge in [-0.05, 0) is 60.2 Å². The van der Waals surface area contributed by atoms with E-state index >= 15 is 0 Å². The molecule has 8 heteroatoms. The van der Waals surface area contributed by atoms with Gasteiger partial charge in [-0.25, -0.2) is 0 Å². The molecule has 1 aromatic heterocycles. The van der Waals surface area contributed by atoms with Crippen molar-refractivity contribution < 1.29 is 18.8 Å². The summed E-state index contributed by atoms with van der Waals surface area (Å²) in [7, 11) is 0. The van der Waals surface area contributed by atoms with Crippen LogP contribution in [0.4, 0.5) is 5.69 Å². The van der Waals surface area contributed by atoms with E-state index in [2.05, 4.69) is 10.6 Å². The molecule has 2 aliphatic rings. The Bertz CT molecular complexity index is 1190. The van der Waals surface area contributed by atoms with Gasteiger partial charge < -0.3 is 20.0 Å². The number of amides is 3. The van der Waals surface area contributed by atoms with E-state index in [1.807, 2.05) is 42.7 Å². The number of nitrogens with zero attached hydrogens (tertiary/aromatic N) is 1. The zero-order valence-corrected chi connectivity index (χ0v) is 18.1. The molecular weight excluding hydrogens is 426 g/mol. The number of furan rings is 1. The first kappa shape index (κ1) is 20.4. The van der Waals surface area contributed by atoms with Gasteiger partial charge in [-0.15, -0.1) is 11.8 Å². The Morgan fingerprint density at radius 1 is 1.12 bits per heavy atom. The summed E-state index contributed by atoms with van der Waals surface area (Å²) in [4.78, 5) is 41.3. The van der Waals surface area contributed by atoms with Crippen LogP contribution in [0.3, 0.4) is 0 Å². The summed E-state index contributed by atoms with van der Waals surface area (Å²) in [6.07, 6.45) is 3.80. The average molecular weight is 448 g/mol. The zero-order chi connectivity index (χ0) is 22.2. The molecule has 1 saturated heterocycles. The van der Waals surface area contributed by atoms with Crippen molar-refractivity contribution in [3.05, 3.63) is 72.2 Å². The van der Waals surface area contributed by atoms with Crippen LogP contribution >= 0.6 is 11.8 Å². The topological polar surface area (TPSA) is 91.7 Å². The van der Waals surface area contributed by atoms with E-state index in [0.29, 0.717) is 17.7 Å². The van der Waals surface area contributed by atoms with E-state index in [-0.39, 0.29) is 36.1 Å². The van der Waals surface area contributed by atoms with E-state index in [1.54, 1.807) is 34.9 Å². The first-order valence-electron chi connectivity index (χ1n) is 10.3. The normalized spacial score (nSPS) is 19.7. The van der Waals surface area contributed by atoms with Gasteiger partial charge in [-0.2, -0.15) is 0 Å². The van der Waals surface area contributed by atoms with Gasteiger partial charge in [0.25, 0.3) is 11.8 Å². The van der Waals surface area contributed by atoms with Crippen LogP contribution in [0, 0.1) is 0 Å². The lowest BCUT2D eigenvalue weighted by molar-refractivity contribution is -0.119. The molecule has 162 valence electrons. The van der Waals surface area contributed by atoms with Gasteiger partial charge in [-0.1, -0.05) is 18.2 Å². The Kier molecular flexibility index (Phi) is 5.22. The highest BCUT2D eigenvalue weighted by atomic mass is 32.2. The van der Waals surface area contributed by atoms with Gasteiger partial charge in [-0.3, -0.25) is 14.4 Å². The summed E-state index contributed by atoms with van der Waals surface area (Å²) in [6.45, 7) is 0.259. The molecular formula is C24H21N3O4S. The average Bonchev–Trinajstić information content (AvgIpc) is 3.48. The van der Waals surface area contributed by atoms with Crippen LogP contribution in [0.5, 0.6) is 0 Å². The van der Waals surface area contributed by atoms with Crippen molar-refractivity contribution in [1.82, 2.24) is 10.2 Å². The largest absolute Gasteiger partial charge is 0.459 e. The molecule has 0 radical (unpaired) electrons. The van der Waals surface area contributed by atoms with E-state index in [9.17, 15) is 14.4 Å². The standard InChI is InChI=1S/C24H21N3O4S/c1-32-17-7-4-14(5-8-17)15-6-9-19-18(11-15)24(30)27-13-16(12-20(27)22(28)26-19)25-23(29)21-3-2-10-31-21/h2-11,16,20H,12-13H2,1H3,(H,25,29)(H,26,28). The van der Waals surface area contributed by atoms with Gasteiger partial charge in [0.1, 0.15) is 6.04 Å². The van der Waals surface area contributed by atoms with Gasteiger partial charge >= 0.3 is 0 Å². The van der Waals surface area contributed by atoms with Crippen molar-refractivity contribution in [2.75, 3.05) is 18.1 Å². The Balaban J connectivity index is 1.40. The van der Waals surface area contributed by atoms with Gasteiger partial charge in [0, 0.05) is 17.5 Å². The number of hydrogen-bond acceptors (Lipinski definition) is 5. The summed E-state index contributed by atoms with van der Waals surface area (Å²) in [5, 5.41) is 5.75. The molecule has 3 aromatic rings. The number of carbonyl (C=O) groups excluding carboxylic acids is 3. The third kappa shape index (κ3) is 3.67. The third-order valence-electron chi connectivity index (χ3n) is 5.88. The summed E-state index contributed by atoms with van der Waals surface area (Å²) >= 11 is 1.67. The lowest BCUT2D eigenvalue weighted by atomic mass is 10.0. The fourth-order valence-corrected chi connectivity index (χ4v) is 4.65. The Labute approximate surface area is 189 Å². The molecule has 2 N–H and O–H groups in total. The molecule has 2 atom stereocenters. The number of hydrogen-bond donors (Lipinski definition) is 2. The van der Waals surface area contributed by atoms with Crippen molar-refractivity contribution in [2.45, 2.75) is 23.4 Å². The van der Waals surface area contributed by atoms with Gasteiger partial charge in [0.05, 0.1) is 17.5 Å². The number of carbonyl (C=O) groups is 3. The lowest BCUT2D eigenvalue weighted by Gasteiger charge is -2.20. The van der Waals surface area contributed by atoms with Crippen LogP contribution in [-0.2, 0) is 4.79 Å².